The van der Waals surface area contributed by atoms with Crippen LogP contribution in [0.4, 0.5) is 5.69 Å². The van der Waals surface area contributed by atoms with Crippen molar-refractivity contribution < 1.29 is 14.7 Å². The van der Waals surface area contributed by atoms with Crippen LogP contribution in [0.2, 0.25) is 0 Å². The van der Waals surface area contributed by atoms with Crippen LogP contribution < -0.4 is 5.32 Å². The number of carboxylic acid groups (broad SMARTS) is 1. The zero-order valence-corrected chi connectivity index (χ0v) is 9.96. The molecule has 0 fully saturated rings. The SMILES string of the molecule is O=C(O)/C=C/c1cccc(NC(=O)c2ccc[nH]2)c1. The summed E-state index contributed by atoms with van der Waals surface area (Å²) in [4.78, 5) is 25.0. The fourth-order valence-corrected chi connectivity index (χ4v) is 1.56. The van der Waals surface area contributed by atoms with E-state index in [1.807, 2.05) is 0 Å². The number of aromatic amines is 1. The highest BCUT2D eigenvalue weighted by molar-refractivity contribution is 6.03. The minimum Gasteiger partial charge on any atom is -0.478 e. The quantitative estimate of drug-likeness (QED) is 0.734. The van der Waals surface area contributed by atoms with Gasteiger partial charge in [-0.05, 0) is 35.9 Å². The Labute approximate surface area is 109 Å². The second-order valence-corrected chi connectivity index (χ2v) is 3.83. The number of hydrogen-bond acceptors (Lipinski definition) is 2. The zero-order valence-electron chi connectivity index (χ0n) is 9.96. The molecule has 0 aliphatic carbocycles. The Kier molecular flexibility index (Phi) is 3.78. The maximum Gasteiger partial charge on any atom is 0.328 e. The lowest BCUT2D eigenvalue weighted by Gasteiger charge is -2.04. The van der Waals surface area contributed by atoms with E-state index in [1.165, 1.54) is 6.08 Å². The minimum absolute atomic E-state index is 0.246. The smallest absolute Gasteiger partial charge is 0.328 e. The van der Waals surface area contributed by atoms with Crippen LogP contribution in [0.25, 0.3) is 6.08 Å². The summed E-state index contributed by atoms with van der Waals surface area (Å²) in [5.41, 5.74) is 1.77. The molecule has 0 saturated heterocycles. The lowest BCUT2D eigenvalue weighted by Crippen LogP contribution is -2.12. The van der Waals surface area contributed by atoms with Gasteiger partial charge in [0.2, 0.25) is 0 Å². The highest BCUT2D eigenvalue weighted by atomic mass is 16.4. The van der Waals surface area contributed by atoms with Crippen LogP contribution in [-0.2, 0) is 4.79 Å². The maximum absolute atomic E-state index is 11.8. The number of aliphatic carboxylic acids is 1. The van der Waals surface area contributed by atoms with Crippen molar-refractivity contribution in [3.63, 3.8) is 0 Å². The van der Waals surface area contributed by atoms with Crippen LogP contribution in [0.5, 0.6) is 0 Å². The van der Waals surface area contributed by atoms with Gasteiger partial charge in [0, 0.05) is 18.0 Å². The van der Waals surface area contributed by atoms with Crippen molar-refractivity contribution in [3.05, 3.63) is 59.9 Å². The summed E-state index contributed by atoms with van der Waals surface area (Å²) >= 11 is 0. The average molecular weight is 256 g/mol. The second-order valence-electron chi connectivity index (χ2n) is 3.83. The van der Waals surface area contributed by atoms with E-state index in [4.69, 9.17) is 5.11 Å². The van der Waals surface area contributed by atoms with Gasteiger partial charge in [-0.15, -0.1) is 0 Å². The number of carbonyl (C=O) groups is 2. The number of anilines is 1. The number of benzene rings is 1. The Morgan fingerprint density at radius 2 is 2.05 bits per heavy atom. The first kappa shape index (κ1) is 12.6. The molecule has 0 radical (unpaired) electrons. The van der Waals surface area contributed by atoms with Crippen molar-refractivity contribution >= 4 is 23.6 Å². The van der Waals surface area contributed by atoms with Gasteiger partial charge in [-0.3, -0.25) is 4.79 Å². The van der Waals surface area contributed by atoms with Crippen molar-refractivity contribution in [1.29, 1.82) is 0 Å². The number of rotatable bonds is 4. The molecular weight excluding hydrogens is 244 g/mol. The van der Waals surface area contributed by atoms with Crippen molar-refractivity contribution in [3.8, 4) is 0 Å². The fraction of sp³-hybridized carbons (Fsp3) is 0. The van der Waals surface area contributed by atoms with Crippen LogP contribution >= 0.6 is 0 Å². The lowest BCUT2D eigenvalue weighted by molar-refractivity contribution is -0.131. The van der Waals surface area contributed by atoms with E-state index in [0.29, 0.717) is 16.9 Å². The van der Waals surface area contributed by atoms with Gasteiger partial charge in [0.15, 0.2) is 0 Å². The molecule has 0 aliphatic heterocycles. The molecule has 3 N–H and O–H groups in total. The van der Waals surface area contributed by atoms with E-state index < -0.39 is 5.97 Å². The van der Waals surface area contributed by atoms with Gasteiger partial charge in [-0.2, -0.15) is 0 Å². The van der Waals surface area contributed by atoms with Gasteiger partial charge < -0.3 is 15.4 Å². The molecule has 5 nitrogen and oxygen atoms in total. The Hall–Kier alpha value is -2.82. The molecule has 2 aromatic rings. The first-order valence-corrected chi connectivity index (χ1v) is 5.61. The van der Waals surface area contributed by atoms with E-state index in [-0.39, 0.29) is 5.91 Å². The number of nitrogens with one attached hydrogen (secondary N) is 2. The first-order chi connectivity index (χ1) is 9.15. The lowest BCUT2D eigenvalue weighted by atomic mass is 10.2. The van der Waals surface area contributed by atoms with Gasteiger partial charge in [0.1, 0.15) is 5.69 Å². The third-order valence-corrected chi connectivity index (χ3v) is 2.41. The summed E-state index contributed by atoms with van der Waals surface area (Å²) in [7, 11) is 0. The molecule has 1 aromatic carbocycles. The first-order valence-electron chi connectivity index (χ1n) is 5.61. The Bertz CT molecular complexity index is 615. The predicted octanol–water partition coefficient (Wildman–Crippen LogP) is 2.36. The normalized spacial score (nSPS) is 10.5. The molecule has 0 atom stereocenters. The molecule has 96 valence electrons. The molecule has 5 heteroatoms. The summed E-state index contributed by atoms with van der Waals surface area (Å²) in [5, 5.41) is 11.3. The highest BCUT2D eigenvalue weighted by Gasteiger charge is 2.05. The van der Waals surface area contributed by atoms with Crippen LogP contribution in [0, 0.1) is 0 Å². The highest BCUT2D eigenvalue weighted by Crippen LogP contribution is 2.13. The third-order valence-electron chi connectivity index (χ3n) is 2.41. The molecule has 0 spiro atoms. The Morgan fingerprint density at radius 1 is 1.21 bits per heavy atom. The second kappa shape index (κ2) is 5.68. The predicted molar refractivity (Wildman–Crippen MR) is 71.9 cm³/mol. The number of H-pyrrole nitrogens is 1. The third kappa shape index (κ3) is 3.57. The van der Waals surface area contributed by atoms with E-state index in [1.54, 1.807) is 42.6 Å². The Morgan fingerprint density at radius 3 is 2.74 bits per heavy atom. The van der Waals surface area contributed by atoms with Gasteiger partial charge in [-0.25, -0.2) is 4.79 Å². The van der Waals surface area contributed by atoms with E-state index >= 15 is 0 Å². The minimum atomic E-state index is -1.01. The average Bonchev–Trinajstić information content (AvgIpc) is 2.91. The number of carboxylic acids is 1. The van der Waals surface area contributed by atoms with Crippen molar-refractivity contribution in [2.45, 2.75) is 0 Å². The molecule has 1 amide bonds. The van der Waals surface area contributed by atoms with Crippen LogP contribution in [0.3, 0.4) is 0 Å². The number of carbonyl (C=O) groups excluding carboxylic acids is 1. The molecule has 0 unspecified atom stereocenters. The molecule has 1 aromatic heterocycles. The number of hydrogen-bond donors (Lipinski definition) is 3. The summed E-state index contributed by atoms with van der Waals surface area (Å²) in [6.07, 6.45) is 4.18. The van der Waals surface area contributed by atoms with Gasteiger partial charge in [0.05, 0.1) is 0 Å². The molecule has 0 aliphatic rings. The molecule has 0 saturated carbocycles. The maximum atomic E-state index is 11.8. The topological polar surface area (TPSA) is 82.2 Å². The van der Waals surface area contributed by atoms with Crippen molar-refractivity contribution in [2.75, 3.05) is 5.32 Å². The fourth-order valence-electron chi connectivity index (χ4n) is 1.56. The molecule has 1 heterocycles. The van der Waals surface area contributed by atoms with Gasteiger partial charge in [-0.1, -0.05) is 12.1 Å². The summed E-state index contributed by atoms with van der Waals surface area (Å²) < 4.78 is 0. The molecular formula is C14H12N2O3. The van der Waals surface area contributed by atoms with Crippen LogP contribution in [-0.4, -0.2) is 22.0 Å². The summed E-state index contributed by atoms with van der Waals surface area (Å²) in [5.74, 6) is -1.26. The van der Waals surface area contributed by atoms with Crippen LogP contribution in [0.1, 0.15) is 16.1 Å². The molecule has 2 rings (SSSR count). The zero-order chi connectivity index (χ0) is 13.7. The monoisotopic (exact) mass is 256 g/mol. The van der Waals surface area contributed by atoms with E-state index in [2.05, 4.69) is 10.3 Å². The molecule has 19 heavy (non-hydrogen) atoms. The molecule has 0 bridgehead atoms. The Balaban J connectivity index is 2.11. The summed E-state index contributed by atoms with van der Waals surface area (Å²) in [6, 6.07) is 10.3. The van der Waals surface area contributed by atoms with E-state index in [9.17, 15) is 9.59 Å². The van der Waals surface area contributed by atoms with E-state index in [0.717, 1.165) is 6.08 Å². The van der Waals surface area contributed by atoms with Crippen molar-refractivity contribution in [1.82, 2.24) is 4.98 Å². The van der Waals surface area contributed by atoms with Gasteiger partial charge in [0.25, 0.3) is 5.91 Å². The summed E-state index contributed by atoms with van der Waals surface area (Å²) in [6.45, 7) is 0. The largest absolute Gasteiger partial charge is 0.478 e. The standard InChI is InChI=1S/C14H12N2O3/c17-13(18)7-6-10-3-1-4-11(9-10)16-14(19)12-5-2-8-15-12/h1-9,15H,(H,16,19)(H,17,18)/b7-6+. The number of aromatic nitrogens is 1. The van der Waals surface area contributed by atoms with Crippen molar-refractivity contribution in [2.24, 2.45) is 0 Å². The van der Waals surface area contributed by atoms with Crippen LogP contribution in [0.15, 0.2) is 48.7 Å². The number of amides is 1. The van der Waals surface area contributed by atoms with Gasteiger partial charge >= 0.3 is 5.97 Å².